The maximum absolute atomic E-state index is 13.8. The molecule has 6 nitrogen and oxygen atoms in total. The van der Waals surface area contributed by atoms with Gasteiger partial charge in [0.05, 0.1) is 22.4 Å². The number of hydrogen-bond acceptors (Lipinski definition) is 4. The Hall–Kier alpha value is -2.74. The maximum Gasteiger partial charge on any atom is 0.275 e. The van der Waals surface area contributed by atoms with E-state index in [-0.39, 0.29) is 33.5 Å². The van der Waals surface area contributed by atoms with E-state index in [2.05, 4.69) is 0 Å². The molecule has 1 saturated heterocycles. The van der Waals surface area contributed by atoms with Crippen LogP contribution in [0.2, 0.25) is 10.0 Å². The average Bonchev–Trinajstić information content (AvgIpc) is 3.09. The van der Waals surface area contributed by atoms with Crippen LogP contribution in [0.1, 0.15) is 40.0 Å². The Balaban J connectivity index is 1.83. The van der Waals surface area contributed by atoms with Gasteiger partial charge in [0.15, 0.2) is 5.78 Å². The molecule has 2 aromatic carbocycles. The molecule has 1 aliphatic carbocycles. The van der Waals surface area contributed by atoms with Crippen LogP contribution < -0.4 is 0 Å². The van der Waals surface area contributed by atoms with Gasteiger partial charge in [0.2, 0.25) is 0 Å². The minimum absolute atomic E-state index is 0.00969. The van der Waals surface area contributed by atoms with Gasteiger partial charge in [-0.25, -0.2) is 9.40 Å². The average molecular weight is 538 g/mol. The maximum atomic E-state index is 13.8. The lowest BCUT2D eigenvalue weighted by Gasteiger charge is -2.36. The lowest BCUT2D eigenvalue weighted by molar-refractivity contribution is -0.156. The fourth-order valence-electron chi connectivity index (χ4n) is 4.43. The van der Waals surface area contributed by atoms with Crippen molar-refractivity contribution in [3.05, 3.63) is 81.6 Å². The van der Waals surface area contributed by atoms with Crippen molar-refractivity contribution in [3.8, 4) is 0 Å². The smallest absolute Gasteiger partial charge is 0.275 e. The van der Waals surface area contributed by atoms with Gasteiger partial charge in [0.1, 0.15) is 11.9 Å². The fraction of sp³-hybridized carbons (Fsp3) is 0.280. The number of Topliss-reactive ketones (excluding diaryl/α,β-unsaturated/α-hetero) is 1. The summed E-state index contributed by atoms with van der Waals surface area (Å²) >= 11 is 18.3. The molecule has 1 heterocycles. The van der Waals surface area contributed by atoms with Crippen molar-refractivity contribution < 1.29 is 23.6 Å². The van der Waals surface area contributed by atoms with Gasteiger partial charge < -0.3 is 0 Å². The molecular formula is C25H20Cl3FN2O4. The zero-order valence-corrected chi connectivity index (χ0v) is 20.6. The molecule has 35 heavy (non-hydrogen) atoms. The minimum Gasteiger partial charge on any atom is -0.292 e. The summed E-state index contributed by atoms with van der Waals surface area (Å²) in [5, 5.41) is 1.91. The predicted molar refractivity (Wildman–Crippen MR) is 130 cm³/mol. The highest BCUT2D eigenvalue weighted by Gasteiger charge is 2.53. The van der Waals surface area contributed by atoms with E-state index in [0.29, 0.717) is 12.8 Å². The first-order chi connectivity index (χ1) is 16.7. The van der Waals surface area contributed by atoms with Crippen LogP contribution in [-0.4, -0.2) is 45.4 Å². The monoisotopic (exact) mass is 536 g/mol. The zero-order chi connectivity index (χ0) is 25.3. The Labute approximate surface area is 216 Å². The molecule has 4 rings (SSSR count). The van der Waals surface area contributed by atoms with E-state index in [1.54, 1.807) is 0 Å². The molecule has 0 bridgehead atoms. The number of hydrazine groups is 1. The van der Waals surface area contributed by atoms with Crippen LogP contribution in [0, 0.1) is 17.7 Å². The second-order valence-corrected chi connectivity index (χ2v) is 9.50. The zero-order valence-electron chi connectivity index (χ0n) is 18.3. The molecule has 0 saturated carbocycles. The van der Waals surface area contributed by atoms with E-state index in [1.165, 1.54) is 30.3 Å². The van der Waals surface area contributed by atoms with Gasteiger partial charge in [-0.15, -0.1) is 11.6 Å². The van der Waals surface area contributed by atoms with Crippen molar-refractivity contribution >= 4 is 58.3 Å². The van der Waals surface area contributed by atoms with Crippen LogP contribution in [0.15, 0.2) is 54.6 Å². The Kier molecular flexibility index (Phi) is 7.59. The lowest BCUT2D eigenvalue weighted by atomic mass is 9.85. The topological polar surface area (TPSA) is 74.8 Å². The summed E-state index contributed by atoms with van der Waals surface area (Å²) in [7, 11) is 0. The predicted octanol–water partition coefficient (Wildman–Crippen LogP) is 5.32. The summed E-state index contributed by atoms with van der Waals surface area (Å²) in [5.41, 5.74) is 0.0517. The molecule has 3 amide bonds. The first kappa shape index (κ1) is 25.4. The summed E-state index contributed by atoms with van der Waals surface area (Å²) in [4.78, 5) is 54.2. The number of allylic oxidation sites excluding steroid dienone is 2. The number of fused-ring (bicyclic) bond motifs is 1. The summed E-state index contributed by atoms with van der Waals surface area (Å²) in [5.74, 6) is -4.45. The molecule has 0 radical (unpaired) electrons. The number of nitrogens with zero attached hydrogens (tertiary/aromatic N) is 2. The molecule has 0 aromatic heterocycles. The quantitative estimate of drug-likeness (QED) is 0.207. The Morgan fingerprint density at radius 1 is 1.00 bits per heavy atom. The largest absolute Gasteiger partial charge is 0.292 e. The van der Waals surface area contributed by atoms with Crippen molar-refractivity contribution in [1.29, 1.82) is 0 Å². The number of carbonyl (C=O) groups excluding carboxylic acids is 4. The molecule has 3 atom stereocenters. The van der Waals surface area contributed by atoms with Crippen LogP contribution in [-0.2, 0) is 9.59 Å². The highest BCUT2D eigenvalue weighted by atomic mass is 35.5. The molecule has 0 unspecified atom stereocenters. The number of hydrogen-bond donors (Lipinski definition) is 0. The van der Waals surface area contributed by atoms with E-state index in [1.807, 2.05) is 12.2 Å². The van der Waals surface area contributed by atoms with E-state index in [0.717, 1.165) is 22.2 Å². The van der Waals surface area contributed by atoms with Crippen molar-refractivity contribution in [2.75, 3.05) is 5.88 Å². The summed E-state index contributed by atoms with van der Waals surface area (Å²) in [6, 6.07) is 7.60. The molecule has 1 fully saturated rings. The number of halogens is 4. The number of imide groups is 1. The van der Waals surface area contributed by atoms with Crippen molar-refractivity contribution in [3.63, 3.8) is 0 Å². The van der Waals surface area contributed by atoms with E-state index in [4.69, 9.17) is 34.8 Å². The third kappa shape index (κ3) is 4.85. The van der Waals surface area contributed by atoms with Crippen LogP contribution in [0.5, 0.6) is 0 Å². The molecule has 1 aliphatic heterocycles. The van der Waals surface area contributed by atoms with Gasteiger partial charge in [-0.3, -0.25) is 19.2 Å². The second kappa shape index (κ2) is 10.5. The number of rotatable bonds is 7. The Bertz CT molecular complexity index is 1190. The minimum atomic E-state index is -1.32. The normalized spacial score (nSPS) is 20.1. The van der Waals surface area contributed by atoms with E-state index in [9.17, 15) is 23.6 Å². The van der Waals surface area contributed by atoms with Crippen LogP contribution >= 0.6 is 34.8 Å². The summed E-state index contributed by atoms with van der Waals surface area (Å²) in [6.07, 6.45) is 4.26. The molecule has 10 heteroatoms. The van der Waals surface area contributed by atoms with Gasteiger partial charge in [0.25, 0.3) is 17.7 Å². The summed E-state index contributed by atoms with van der Waals surface area (Å²) in [6.45, 7) is 0. The van der Waals surface area contributed by atoms with E-state index < -0.39 is 47.2 Å². The Morgan fingerprint density at radius 2 is 1.60 bits per heavy atom. The number of benzene rings is 2. The van der Waals surface area contributed by atoms with Crippen molar-refractivity contribution in [2.24, 2.45) is 11.8 Å². The van der Waals surface area contributed by atoms with Gasteiger partial charge in [-0.05, 0) is 61.7 Å². The first-order valence-corrected chi connectivity index (χ1v) is 12.2. The Morgan fingerprint density at radius 3 is 2.14 bits per heavy atom. The van der Waals surface area contributed by atoms with E-state index >= 15 is 0 Å². The molecule has 0 N–H and O–H groups in total. The number of alkyl halides is 1. The van der Waals surface area contributed by atoms with Gasteiger partial charge in [-0.2, -0.15) is 5.01 Å². The number of carbonyl (C=O) groups is 4. The molecule has 2 aromatic rings. The van der Waals surface area contributed by atoms with Gasteiger partial charge >= 0.3 is 0 Å². The SMILES string of the molecule is O=C(c1ccc(F)cc1)[C@@H](CCCl)N(C(=O)c1ccc(Cl)cc1Cl)N1C(=O)[C@H]2CC=CC[C@H]2C1=O. The highest BCUT2D eigenvalue weighted by molar-refractivity contribution is 6.36. The fourth-order valence-corrected chi connectivity index (χ4v) is 5.12. The molecule has 2 aliphatic rings. The molecular weight excluding hydrogens is 518 g/mol. The van der Waals surface area contributed by atoms with Crippen molar-refractivity contribution in [1.82, 2.24) is 10.0 Å². The molecule has 0 spiro atoms. The standard InChI is InChI=1S/C25H20Cl3FN2O4/c26-12-11-21(22(32)14-5-8-16(29)9-6-14)30(25(35)19-10-7-15(27)13-20(19)28)31-23(33)17-3-1-2-4-18(17)24(31)34/h1-2,5-10,13,17-18,21H,3-4,11-12H2/t17-,18+,21-/m1/s1. The van der Waals surface area contributed by atoms with Gasteiger partial charge in [-0.1, -0.05) is 35.4 Å². The second-order valence-electron chi connectivity index (χ2n) is 8.28. The molecule has 182 valence electrons. The van der Waals surface area contributed by atoms with Crippen LogP contribution in [0.4, 0.5) is 4.39 Å². The third-order valence-electron chi connectivity index (χ3n) is 6.18. The van der Waals surface area contributed by atoms with Crippen LogP contribution in [0.3, 0.4) is 0 Å². The number of ketones is 1. The first-order valence-electron chi connectivity index (χ1n) is 10.9. The lowest BCUT2D eigenvalue weighted by Crippen LogP contribution is -2.57. The van der Waals surface area contributed by atoms with Crippen LogP contribution in [0.25, 0.3) is 0 Å². The number of amides is 3. The third-order valence-corrected chi connectivity index (χ3v) is 6.94. The van der Waals surface area contributed by atoms with Gasteiger partial charge in [0, 0.05) is 16.5 Å². The highest BCUT2D eigenvalue weighted by Crippen LogP contribution is 2.38. The summed E-state index contributed by atoms with van der Waals surface area (Å²) < 4.78 is 13.5. The van der Waals surface area contributed by atoms with Crippen molar-refractivity contribution in [2.45, 2.75) is 25.3 Å².